The summed E-state index contributed by atoms with van der Waals surface area (Å²) in [6, 6.07) is 34.1. The molecule has 10 nitrogen and oxygen atoms in total. The third-order valence-corrected chi connectivity index (χ3v) is 9.48. The van der Waals surface area contributed by atoms with E-state index in [9.17, 15) is 14.4 Å². The molecule has 10 heteroatoms. The molecule has 3 aromatic carbocycles. The van der Waals surface area contributed by atoms with E-state index in [2.05, 4.69) is 65.3 Å². The summed E-state index contributed by atoms with van der Waals surface area (Å²) >= 11 is 0. The first kappa shape index (κ1) is 42.9. The Kier molecular flexibility index (Phi) is 17.2. The monoisotopic (exact) mass is 757 g/mol. The fourth-order valence-electron chi connectivity index (χ4n) is 6.08. The van der Waals surface area contributed by atoms with Crippen LogP contribution in [0.3, 0.4) is 0 Å². The molecule has 0 fully saturated rings. The molecule has 0 radical (unpaired) electrons. The fraction of sp³-hybridized carbons (Fsp3) is 0.326. The molecule has 0 aliphatic heterocycles. The normalized spacial score (nSPS) is 11.9. The predicted molar refractivity (Wildman–Crippen MR) is 221 cm³/mol. The van der Waals surface area contributed by atoms with Gasteiger partial charge in [0.2, 0.25) is 11.8 Å². The third-order valence-electron chi connectivity index (χ3n) is 9.48. The lowest BCUT2D eigenvalue weighted by atomic mass is 10.0. The van der Waals surface area contributed by atoms with Gasteiger partial charge in [-0.25, -0.2) is 4.79 Å². The van der Waals surface area contributed by atoms with Gasteiger partial charge in [-0.15, -0.1) is 0 Å². The number of esters is 1. The van der Waals surface area contributed by atoms with Crippen molar-refractivity contribution in [1.82, 2.24) is 25.5 Å². The lowest BCUT2D eigenvalue weighted by molar-refractivity contribution is -0.145. The minimum absolute atomic E-state index is 0.0180. The standard InChI is InChI=1S/C24H35N3O2.C22H20N2O3/c1-6-27(7-2)15-14-23(22-13-12-21(29-5)17-25-22)26-24(28)16-19-8-10-20(11-9-19)18(3)4;1-27-22(26)21(19-9-5-6-14-23-19)24-20(25)15-16-10-12-18(13-11-16)17-7-3-2-4-8-17/h8-13,17-18,23H,6-7,14-16H2,1-5H3,(H,26,28);2-14,21H,15H2,1H3,(H,24,25)/t23-;/m1./s1. The lowest BCUT2D eigenvalue weighted by Gasteiger charge is -2.23. The number of ether oxygens (including phenoxy) is 2. The molecule has 0 bridgehead atoms. The predicted octanol–water partition coefficient (Wildman–Crippen LogP) is 7.67. The van der Waals surface area contributed by atoms with Gasteiger partial charge in [0.05, 0.1) is 50.7 Å². The van der Waals surface area contributed by atoms with Crippen molar-refractivity contribution in [1.29, 1.82) is 0 Å². The van der Waals surface area contributed by atoms with E-state index < -0.39 is 12.0 Å². The molecule has 2 heterocycles. The Balaban J connectivity index is 0.000000249. The summed E-state index contributed by atoms with van der Waals surface area (Å²) in [7, 11) is 2.91. The number of pyridine rings is 2. The number of hydrogen-bond acceptors (Lipinski definition) is 8. The van der Waals surface area contributed by atoms with Crippen LogP contribution in [-0.4, -0.2) is 66.5 Å². The number of amides is 2. The second kappa shape index (κ2) is 22.5. The van der Waals surface area contributed by atoms with Gasteiger partial charge < -0.3 is 25.0 Å². The second-order valence-electron chi connectivity index (χ2n) is 13.6. The van der Waals surface area contributed by atoms with Crippen molar-refractivity contribution in [3.8, 4) is 16.9 Å². The van der Waals surface area contributed by atoms with Crippen LogP contribution in [0.5, 0.6) is 5.75 Å². The number of hydrogen-bond donors (Lipinski definition) is 2. The number of aromatic nitrogens is 2. The second-order valence-corrected chi connectivity index (χ2v) is 13.6. The minimum atomic E-state index is -0.924. The summed E-state index contributed by atoms with van der Waals surface area (Å²) in [5.74, 6) is 0.394. The van der Waals surface area contributed by atoms with Gasteiger partial charge in [-0.3, -0.25) is 19.6 Å². The summed E-state index contributed by atoms with van der Waals surface area (Å²) < 4.78 is 10.00. The Labute approximate surface area is 331 Å². The topological polar surface area (TPSA) is 123 Å². The molecule has 1 unspecified atom stereocenters. The molecule has 2 aromatic heterocycles. The van der Waals surface area contributed by atoms with Gasteiger partial charge in [-0.1, -0.05) is 113 Å². The highest BCUT2D eigenvalue weighted by atomic mass is 16.5. The van der Waals surface area contributed by atoms with Crippen molar-refractivity contribution in [3.63, 3.8) is 0 Å². The zero-order valence-electron chi connectivity index (χ0n) is 33.4. The molecule has 0 saturated carbocycles. The number of carbonyl (C=O) groups is 3. The van der Waals surface area contributed by atoms with Crippen LogP contribution in [0.1, 0.15) is 80.2 Å². The number of methoxy groups -OCH3 is 2. The van der Waals surface area contributed by atoms with Gasteiger partial charge in [0.15, 0.2) is 6.04 Å². The molecule has 2 N–H and O–H groups in total. The van der Waals surface area contributed by atoms with Crippen LogP contribution in [0, 0.1) is 0 Å². The largest absolute Gasteiger partial charge is 0.495 e. The number of nitrogens with one attached hydrogen (secondary N) is 2. The highest BCUT2D eigenvalue weighted by Gasteiger charge is 2.25. The first-order chi connectivity index (χ1) is 27.1. The van der Waals surface area contributed by atoms with Gasteiger partial charge in [0.25, 0.3) is 0 Å². The average Bonchev–Trinajstić information content (AvgIpc) is 3.23. The molecule has 2 amide bonds. The van der Waals surface area contributed by atoms with Gasteiger partial charge in [-0.05, 0) is 77.5 Å². The molecular formula is C46H55N5O5. The van der Waals surface area contributed by atoms with Crippen LogP contribution in [-0.2, 0) is 32.0 Å². The first-order valence-corrected chi connectivity index (χ1v) is 19.2. The molecular weight excluding hydrogens is 703 g/mol. The highest BCUT2D eigenvalue weighted by molar-refractivity contribution is 5.86. The molecule has 0 aliphatic carbocycles. The Bertz CT molecular complexity index is 1920. The van der Waals surface area contributed by atoms with Crippen LogP contribution < -0.4 is 15.4 Å². The Morgan fingerprint density at radius 3 is 1.82 bits per heavy atom. The summed E-state index contributed by atoms with van der Waals surface area (Å²) in [5.41, 5.74) is 6.68. The zero-order valence-corrected chi connectivity index (χ0v) is 33.4. The van der Waals surface area contributed by atoms with Gasteiger partial charge in [-0.2, -0.15) is 0 Å². The van der Waals surface area contributed by atoms with Crippen LogP contribution in [0.4, 0.5) is 0 Å². The van der Waals surface area contributed by atoms with Gasteiger partial charge in [0, 0.05) is 12.7 Å². The van der Waals surface area contributed by atoms with Crippen molar-refractivity contribution in [3.05, 3.63) is 150 Å². The Morgan fingerprint density at radius 2 is 1.29 bits per heavy atom. The van der Waals surface area contributed by atoms with E-state index in [0.29, 0.717) is 23.8 Å². The molecule has 0 saturated heterocycles. The third kappa shape index (κ3) is 13.5. The summed E-state index contributed by atoms with van der Waals surface area (Å²) in [6.45, 7) is 11.6. The van der Waals surface area contributed by atoms with E-state index in [-0.39, 0.29) is 24.3 Å². The van der Waals surface area contributed by atoms with Crippen molar-refractivity contribution >= 4 is 17.8 Å². The maximum absolute atomic E-state index is 12.7. The molecule has 5 aromatic rings. The van der Waals surface area contributed by atoms with E-state index in [1.807, 2.05) is 78.9 Å². The summed E-state index contributed by atoms with van der Waals surface area (Å²) in [6.07, 6.45) is 4.63. The first-order valence-electron chi connectivity index (χ1n) is 19.2. The van der Waals surface area contributed by atoms with E-state index >= 15 is 0 Å². The quantitative estimate of drug-likeness (QED) is 0.0928. The number of nitrogens with zero attached hydrogens (tertiary/aromatic N) is 3. The van der Waals surface area contributed by atoms with Crippen LogP contribution in [0.25, 0.3) is 11.1 Å². The van der Waals surface area contributed by atoms with Gasteiger partial charge >= 0.3 is 5.97 Å². The van der Waals surface area contributed by atoms with E-state index in [1.54, 1.807) is 37.7 Å². The molecule has 2 atom stereocenters. The maximum Gasteiger partial charge on any atom is 0.334 e. The number of carbonyl (C=O) groups excluding carboxylic acids is 3. The van der Waals surface area contributed by atoms with E-state index in [1.165, 1.54) is 12.7 Å². The highest BCUT2D eigenvalue weighted by Crippen LogP contribution is 2.21. The SMILES string of the molecule is CCN(CC)CC[C@@H](NC(=O)Cc1ccc(C(C)C)cc1)c1ccc(OC)cn1.COC(=O)C(NC(=O)Cc1ccc(-c2ccccc2)cc1)c1ccccn1. The molecule has 56 heavy (non-hydrogen) atoms. The number of benzene rings is 3. The van der Waals surface area contributed by atoms with E-state index in [4.69, 9.17) is 9.47 Å². The Morgan fingerprint density at radius 1 is 0.679 bits per heavy atom. The smallest absolute Gasteiger partial charge is 0.334 e. The fourth-order valence-corrected chi connectivity index (χ4v) is 6.08. The van der Waals surface area contributed by atoms with Crippen molar-refractivity contribution in [2.45, 2.75) is 65.0 Å². The van der Waals surface area contributed by atoms with Crippen molar-refractivity contribution < 1.29 is 23.9 Å². The lowest BCUT2D eigenvalue weighted by Crippen LogP contribution is -2.36. The minimum Gasteiger partial charge on any atom is -0.495 e. The average molecular weight is 758 g/mol. The summed E-state index contributed by atoms with van der Waals surface area (Å²) in [4.78, 5) is 48.2. The maximum atomic E-state index is 12.7. The van der Waals surface area contributed by atoms with Crippen LogP contribution in [0.15, 0.2) is 122 Å². The van der Waals surface area contributed by atoms with Crippen molar-refractivity contribution in [2.75, 3.05) is 33.9 Å². The van der Waals surface area contributed by atoms with Gasteiger partial charge in [0.1, 0.15) is 5.75 Å². The number of rotatable bonds is 17. The molecule has 294 valence electrons. The molecule has 5 rings (SSSR count). The van der Waals surface area contributed by atoms with Crippen LogP contribution in [0.2, 0.25) is 0 Å². The van der Waals surface area contributed by atoms with E-state index in [0.717, 1.165) is 54.0 Å². The van der Waals surface area contributed by atoms with Crippen molar-refractivity contribution in [2.24, 2.45) is 0 Å². The summed E-state index contributed by atoms with van der Waals surface area (Å²) in [5, 5.41) is 5.89. The zero-order chi connectivity index (χ0) is 40.3. The van der Waals surface area contributed by atoms with Crippen LogP contribution >= 0.6 is 0 Å². The molecule has 0 aliphatic rings. The Hall–Kier alpha value is -5.87. The molecule has 0 spiro atoms.